The van der Waals surface area contributed by atoms with Gasteiger partial charge in [-0.3, -0.25) is 4.79 Å². The quantitative estimate of drug-likeness (QED) is 0.553. The first-order chi connectivity index (χ1) is 13.6. The van der Waals surface area contributed by atoms with Gasteiger partial charge >= 0.3 is 0 Å². The molecule has 0 unspecified atom stereocenters. The van der Waals surface area contributed by atoms with E-state index >= 15 is 0 Å². The Morgan fingerprint density at radius 1 is 1.14 bits per heavy atom. The fraction of sp³-hybridized carbons (Fsp3) is 0.143. The van der Waals surface area contributed by atoms with Gasteiger partial charge in [-0.05, 0) is 41.5 Å². The van der Waals surface area contributed by atoms with E-state index in [0.29, 0.717) is 23.9 Å². The third-order valence-corrected chi connectivity index (χ3v) is 4.52. The highest BCUT2D eigenvalue weighted by molar-refractivity contribution is 9.10. The number of amides is 1. The second kappa shape index (κ2) is 9.23. The standard InChI is InChI=1S/C21H20BrN3O3/c1-27-18-8-6-15(13-19(18)28-2)7-9-21(26)24-20-10-11-23-25(20)14-16-4-3-5-17(22)12-16/h3-13H,14H2,1-2H3,(H,24,26)/b9-7+. The van der Waals surface area contributed by atoms with Gasteiger partial charge in [0, 0.05) is 16.6 Å². The minimum atomic E-state index is -0.245. The predicted molar refractivity (Wildman–Crippen MR) is 113 cm³/mol. The Hall–Kier alpha value is -3.06. The summed E-state index contributed by atoms with van der Waals surface area (Å²) in [6, 6.07) is 15.2. The van der Waals surface area contributed by atoms with Gasteiger partial charge in [0.25, 0.3) is 0 Å². The van der Waals surface area contributed by atoms with Gasteiger partial charge in [-0.2, -0.15) is 5.10 Å². The van der Waals surface area contributed by atoms with Crippen LogP contribution in [0.3, 0.4) is 0 Å². The minimum Gasteiger partial charge on any atom is -0.493 e. The number of aromatic nitrogens is 2. The van der Waals surface area contributed by atoms with E-state index in [4.69, 9.17) is 9.47 Å². The van der Waals surface area contributed by atoms with Gasteiger partial charge < -0.3 is 14.8 Å². The molecule has 0 spiro atoms. The zero-order valence-corrected chi connectivity index (χ0v) is 17.1. The van der Waals surface area contributed by atoms with Gasteiger partial charge in [-0.15, -0.1) is 0 Å². The van der Waals surface area contributed by atoms with Crippen LogP contribution in [0.5, 0.6) is 11.5 Å². The first-order valence-corrected chi connectivity index (χ1v) is 9.35. The highest BCUT2D eigenvalue weighted by Crippen LogP contribution is 2.28. The lowest BCUT2D eigenvalue weighted by Gasteiger charge is -2.09. The molecule has 0 saturated carbocycles. The van der Waals surface area contributed by atoms with Crippen molar-refractivity contribution < 1.29 is 14.3 Å². The largest absolute Gasteiger partial charge is 0.493 e. The van der Waals surface area contributed by atoms with E-state index in [0.717, 1.165) is 15.6 Å². The number of benzene rings is 2. The number of hydrogen-bond donors (Lipinski definition) is 1. The highest BCUT2D eigenvalue weighted by atomic mass is 79.9. The fourth-order valence-electron chi connectivity index (χ4n) is 2.67. The van der Waals surface area contributed by atoms with Crippen LogP contribution in [0.15, 0.2) is 65.3 Å². The molecule has 0 aliphatic heterocycles. The maximum absolute atomic E-state index is 12.3. The molecule has 144 valence electrons. The van der Waals surface area contributed by atoms with Crippen molar-refractivity contribution >= 4 is 33.7 Å². The van der Waals surface area contributed by atoms with Gasteiger partial charge in [0.05, 0.1) is 27.0 Å². The van der Waals surface area contributed by atoms with Gasteiger partial charge in [0.15, 0.2) is 11.5 Å². The van der Waals surface area contributed by atoms with Crippen LogP contribution in [0.2, 0.25) is 0 Å². The summed E-state index contributed by atoms with van der Waals surface area (Å²) in [6.45, 7) is 0.557. The molecule has 3 rings (SSSR count). The van der Waals surface area contributed by atoms with Crippen molar-refractivity contribution in [2.45, 2.75) is 6.54 Å². The molecule has 0 fully saturated rings. The van der Waals surface area contributed by atoms with Gasteiger partial charge in [0.1, 0.15) is 5.82 Å². The summed E-state index contributed by atoms with van der Waals surface area (Å²) in [5, 5.41) is 7.14. The van der Waals surface area contributed by atoms with Gasteiger partial charge in [-0.25, -0.2) is 4.68 Å². The number of anilines is 1. The van der Waals surface area contributed by atoms with Crippen LogP contribution in [-0.4, -0.2) is 29.9 Å². The number of halogens is 1. The molecule has 0 aliphatic carbocycles. The summed E-state index contributed by atoms with van der Waals surface area (Å²) < 4.78 is 13.2. The Morgan fingerprint density at radius 2 is 1.96 bits per heavy atom. The van der Waals surface area contributed by atoms with Crippen molar-refractivity contribution in [3.63, 3.8) is 0 Å². The smallest absolute Gasteiger partial charge is 0.249 e. The summed E-state index contributed by atoms with van der Waals surface area (Å²) in [4.78, 5) is 12.3. The number of carbonyl (C=O) groups excluding carboxylic acids is 1. The van der Waals surface area contributed by atoms with Gasteiger partial charge in [-0.1, -0.05) is 34.1 Å². The molecule has 3 aromatic rings. The number of ether oxygens (including phenoxy) is 2. The van der Waals surface area contributed by atoms with E-state index in [1.165, 1.54) is 6.08 Å². The lowest BCUT2D eigenvalue weighted by molar-refractivity contribution is -0.111. The highest BCUT2D eigenvalue weighted by Gasteiger charge is 2.07. The Labute approximate surface area is 171 Å². The zero-order chi connectivity index (χ0) is 19.9. The Morgan fingerprint density at radius 3 is 2.71 bits per heavy atom. The van der Waals surface area contributed by atoms with Crippen LogP contribution in [-0.2, 0) is 11.3 Å². The van der Waals surface area contributed by atoms with E-state index in [1.54, 1.807) is 49.4 Å². The molecule has 0 aliphatic rings. The number of carbonyl (C=O) groups is 1. The topological polar surface area (TPSA) is 65.4 Å². The fourth-order valence-corrected chi connectivity index (χ4v) is 3.12. The summed E-state index contributed by atoms with van der Waals surface area (Å²) in [5.74, 6) is 1.63. The minimum absolute atomic E-state index is 0.245. The van der Waals surface area contributed by atoms with E-state index in [9.17, 15) is 4.79 Å². The van der Waals surface area contributed by atoms with Crippen molar-refractivity contribution in [1.82, 2.24) is 9.78 Å². The van der Waals surface area contributed by atoms with Crippen LogP contribution in [0, 0.1) is 0 Å². The van der Waals surface area contributed by atoms with Crippen molar-refractivity contribution in [2.24, 2.45) is 0 Å². The van der Waals surface area contributed by atoms with Crippen molar-refractivity contribution in [3.05, 3.63) is 76.4 Å². The molecule has 6 nitrogen and oxygen atoms in total. The lowest BCUT2D eigenvalue weighted by Crippen LogP contribution is -2.13. The van der Waals surface area contributed by atoms with Crippen molar-refractivity contribution in [1.29, 1.82) is 0 Å². The summed E-state index contributed by atoms with van der Waals surface area (Å²) >= 11 is 3.46. The maximum Gasteiger partial charge on any atom is 0.249 e. The van der Waals surface area contributed by atoms with Crippen LogP contribution >= 0.6 is 15.9 Å². The summed E-state index contributed by atoms with van der Waals surface area (Å²) in [7, 11) is 3.16. The number of methoxy groups -OCH3 is 2. The average molecular weight is 442 g/mol. The van der Waals surface area contributed by atoms with E-state index in [1.807, 2.05) is 30.3 Å². The normalized spacial score (nSPS) is 10.8. The average Bonchev–Trinajstić information content (AvgIpc) is 3.12. The second-order valence-corrected chi connectivity index (χ2v) is 6.86. The molecule has 0 radical (unpaired) electrons. The SMILES string of the molecule is COc1ccc(/C=C/C(=O)Nc2ccnn2Cc2cccc(Br)c2)cc1OC. The first kappa shape index (κ1) is 19.7. The molecule has 1 heterocycles. The molecule has 2 aromatic carbocycles. The molecule has 0 bridgehead atoms. The van der Waals surface area contributed by atoms with Crippen LogP contribution in [0.25, 0.3) is 6.08 Å². The van der Waals surface area contributed by atoms with Crippen LogP contribution in [0.4, 0.5) is 5.82 Å². The molecule has 7 heteroatoms. The Bertz CT molecular complexity index is 998. The van der Waals surface area contributed by atoms with Crippen LogP contribution < -0.4 is 14.8 Å². The summed E-state index contributed by atoms with van der Waals surface area (Å²) in [5.41, 5.74) is 1.91. The molecule has 0 atom stereocenters. The number of rotatable bonds is 7. The van der Waals surface area contributed by atoms with E-state index < -0.39 is 0 Å². The van der Waals surface area contributed by atoms with E-state index in [-0.39, 0.29) is 5.91 Å². The third-order valence-electron chi connectivity index (χ3n) is 4.02. The van der Waals surface area contributed by atoms with Crippen molar-refractivity contribution in [3.8, 4) is 11.5 Å². The molecule has 28 heavy (non-hydrogen) atoms. The first-order valence-electron chi connectivity index (χ1n) is 8.56. The maximum atomic E-state index is 12.3. The lowest BCUT2D eigenvalue weighted by atomic mass is 10.2. The molecule has 1 amide bonds. The number of nitrogens with zero attached hydrogens (tertiary/aromatic N) is 2. The summed E-state index contributed by atoms with van der Waals surface area (Å²) in [6.07, 6.45) is 4.84. The number of hydrogen-bond acceptors (Lipinski definition) is 4. The molecule has 0 saturated heterocycles. The number of nitrogens with one attached hydrogen (secondary N) is 1. The Kier molecular flexibility index (Phi) is 6.49. The second-order valence-electron chi connectivity index (χ2n) is 5.94. The van der Waals surface area contributed by atoms with Gasteiger partial charge in [0.2, 0.25) is 5.91 Å². The van der Waals surface area contributed by atoms with Crippen molar-refractivity contribution in [2.75, 3.05) is 19.5 Å². The molecule has 1 aromatic heterocycles. The Balaban J connectivity index is 1.67. The zero-order valence-electron chi connectivity index (χ0n) is 15.6. The molecular formula is C21H20BrN3O3. The van der Waals surface area contributed by atoms with E-state index in [2.05, 4.69) is 26.3 Å². The van der Waals surface area contributed by atoms with Crippen LogP contribution in [0.1, 0.15) is 11.1 Å². The third kappa shape index (κ3) is 5.01. The molecule has 1 N–H and O–H groups in total. The monoisotopic (exact) mass is 441 g/mol. The predicted octanol–water partition coefficient (Wildman–Crippen LogP) is 4.36. The molecular weight excluding hydrogens is 422 g/mol.